The number of nitrogens with one attached hydrogen (secondary N) is 1. The third-order valence-corrected chi connectivity index (χ3v) is 3.82. The van der Waals surface area contributed by atoms with E-state index in [0.717, 1.165) is 0 Å². The van der Waals surface area contributed by atoms with Gasteiger partial charge in [-0.1, -0.05) is 23.2 Å². The van der Waals surface area contributed by atoms with Crippen LogP contribution in [0.15, 0.2) is 36.4 Å². The van der Waals surface area contributed by atoms with Gasteiger partial charge in [0, 0.05) is 22.7 Å². The molecule has 0 spiro atoms. The third kappa shape index (κ3) is 4.81. The highest BCUT2D eigenvalue weighted by Gasteiger charge is 2.10. The lowest BCUT2D eigenvalue weighted by Crippen LogP contribution is -2.09. The summed E-state index contributed by atoms with van der Waals surface area (Å²) in [5.41, 5.74) is 1.08. The molecule has 0 aliphatic heterocycles. The van der Waals surface area contributed by atoms with E-state index in [-0.39, 0.29) is 5.91 Å². The topological polar surface area (TPSA) is 56.8 Å². The predicted molar refractivity (Wildman–Crippen MR) is 100 cm³/mol. The molecule has 0 unspecified atom stereocenters. The van der Waals surface area contributed by atoms with Gasteiger partial charge in [0.25, 0.3) is 0 Å². The molecule has 2 aromatic carbocycles. The summed E-state index contributed by atoms with van der Waals surface area (Å²) in [5, 5.41) is 3.55. The fraction of sp³-hybridized carbons (Fsp3) is 0.167. The van der Waals surface area contributed by atoms with Gasteiger partial charge >= 0.3 is 0 Å². The Balaban J connectivity index is 2.22. The molecule has 1 amide bonds. The number of hydrogen-bond acceptors (Lipinski definition) is 4. The Morgan fingerprint density at radius 1 is 1.04 bits per heavy atom. The summed E-state index contributed by atoms with van der Waals surface area (Å²) in [7, 11) is 4.56. The van der Waals surface area contributed by atoms with Crippen molar-refractivity contribution < 1.29 is 19.0 Å². The number of methoxy groups -OCH3 is 3. The van der Waals surface area contributed by atoms with Crippen LogP contribution in [0.25, 0.3) is 6.08 Å². The van der Waals surface area contributed by atoms with Gasteiger partial charge < -0.3 is 19.5 Å². The average molecular weight is 382 g/mol. The highest BCUT2D eigenvalue weighted by molar-refractivity contribution is 6.36. The quantitative estimate of drug-likeness (QED) is 0.738. The van der Waals surface area contributed by atoms with Crippen LogP contribution in [0.1, 0.15) is 5.56 Å². The first-order valence-electron chi connectivity index (χ1n) is 7.22. The number of benzene rings is 2. The maximum atomic E-state index is 12.2. The van der Waals surface area contributed by atoms with E-state index < -0.39 is 0 Å². The van der Waals surface area contributed by atoms with E-state index in [4.69, 9.17) is 37.4 Å². The number of hydrogen-bond donors (Lipinski definition) is 1. The van der Waals surface area contributed by atoms with Gasteiger partial charge in [0.1, 0.15) is 17.2 Å². The second-order valence-electron chi connectivity index (χ2n) is 4.90. The van der Waals surface area contributed by atoms with Gasteiger partial charge in [-0.3, -0.25) is 4.79 Å². The van der Waals surface area contributed by atoms with E-state index in [2.05, 4.69) is 5.32 Å². The number of halogens is 2. The number of carbonyl (C=O) groups is 1. The summed E-state index contributed by atoms with van der Waals surface area (Å²) in [5.74, 6) is 1.20. The minimum absolute atomic E-state index is 0.357. The van der Waals surface area contributed by atoms with E-state index in [1.807, 2.05) is 0 Å². The standard InChI is InChI=1S/C18H17Cl2NO4/c1-23-13-5-6-16(24-2)15(10-13)21-17(22)7-4-11-8-12(19)9-14(20)18(11)25-3/h4-10H,1-3H3,(H,21,22). The number of amides is 1. The highest BCUT2D eigenvalue weighted by atomic mass is 35.5. The predicted octanol–water partition coefficient (Wildman–Crippen LogP) is 4.67. The number of ether oxygens (including phenoxy) is 3. The van der Waals surface area contributed by atoms with Crippen molar-refractivity contribution in [3.63, 3.8) is 0 Å². The molecule has 2 aromatic rings. The van der Waals surface area contributed by atoms with Gasteiger partial charge in [-0.05, 0) is 30.3 Å². The molecule has 0 fully saturated rings. The molecule has 5 nitrogen and oxygen atoms in total. The zero-order valence-electron chi connectivity index (χ0n) is 13.9. The molecule has 132 valence electrons. The molecule has 0 bridgehead atoms. The van der Waals surface area contributed by atoms with Crippen LogP contribution in [-0.2, 0) is 4.79 Å². The average Bonchev–Trinajstić information content (AvgIpc) is 2.59. The molecule has 0 aliphatic carbocycles. The van der Waals surface area contributed by atoms with Gasteiger partial charge in [0.15, 0.2) is 0 Å². The SMILES string of the molecule is COc1ccc(OC)c(NC(=O)C=Cc2cc(Cl)cc(Cl)c2OC)c1. The molecule has 0 atom stereocenters. The van der Waals surface area contributed by atoms with Crippen molar-refractivity contribution in [1.82, 2.24) is 0 Å². The molecule has 0 saturated heterocycles. The van der Waals surface area contributed by atoms with Crippen molar-refractivity contribution >= 4 is 40.9 Å². The van der Waals surface area contributed by atoms with Gasteiger partial charge in [-0.25, -0.2) is 0 Å². The van der Waals surface area contributed by atoms with Gasteiger partial charge in [-0.2, -0.15) is 0 Å². The second kappa shape index (κ2) is 8.65. The Kier molecular flexibility index (Phi) is 6.56. The molecule has 0 radical (unpaired) electrons. The first-order valence-corrected chi connectivity index (χ1v) is 7.98. The first-order chi connectivity index (χ1) is 12.0. The molecule has 7 heteroatoms. The van der Waals surface area contributed by atoms with Crippen LogP contribution in [0, 0.1) is 0 Å². The molecular formula is C18H17Cl2NO4. The molecule has 0 heterocycles. The lowest BCUT2D eigenvalue weighted by atomic mass is 10.2. The van der Waals surface area contributed by atoms with Crippen molar-refractivity contribution in [3.8, 4) is 17.2 Å². The van der Waals surface area contributed by atoms with Crippen LogP contribution in [0.2, 0.25) is 10.0 Å². The van der Waals surface area contributed by atoms with Crippen molar-refractivity contribution in [2.75, 3.05) is 26.6 Å². The highest BCUT2D eigenvalue weighted by Crippen LogP contribution is 2.33. The lowest BCUT2D eigenvalue weighted by molar-refractivity contribution is -0.111. The largest absolute Gasteiger partial charge is 0.497 e. The number of anilines is 1. The fourth-order valence-electron chi connectivity index (χ4n) is 2.17. The Morgan fingerprint density at radius 2 is 1.80 bits per heavy atom. The Bertz CT molecular complexity index is 806. The fourth-order valence-corrected chi connectivity index (χ4v) is 2.76. The summed E-state index contributed by atoms with van der Waals surface area (Å²) < 4.78 is 15.6. The van der Waals surface area contributed by atoms with Crippen LogP contribution in [0.3, 0.4) is 0 Å². The maximum absolute atomic E-state index is 12.2. The summed E-state index contributed by atoms with van der Waals surface area (Å²) in [6.45, 7) is 0. The smallest absolute Gasteiger partial charge is 0.248 e. The van der Waals surface area contributed by atoms with E-state index >= 15 is 0 Å². The summed E-state index contributed by atoms with van der Waals surface area (Å²) in [6.07, 6.45) is 2.92. The van der Waals surface area contributed by atoms with Gasteiger partial charge in [-0.15, -0.1) is 0 Å². The number of rotatable bonds is 6. The Hall–Kier alpha value is -2.37. The first kappa shape index (κ1) is 19.0. The van der Waals surface area contributed by atoms with E-state index in [9.17, 15) is 4.79 Å². The molecule has 0 aromatic heterocycles. The van der Waals surface area contributed by atoms with Crippen LogP contribution in [0.4, 0.5) is 5.69 Å². The Morgan fingerprint density at radius 3 is 2.44 bits per heavy atom. The van der Waals surface area contributed by atoms with Crippen molar-refractivity contribution in [1.29, 1.82) is 0 Å². The van der Waals surface area contributed by atoms with Crippen molar-refractivity contribution in [2.45, 2.75) is 0 Å². The molecule has 0 saturated carbocycles. The minimum atomic E-state index is -0.357. The van der Waals surface area contributed by atoms with Crippen LogP contribution >= 0.6 is 23.2 Å². The number of carbonyl (C=O) groups excluding carboxylic acids is 1. The molecular weight excluding hydrogens is 365 g/mol. The van der Waals surface area contributed by atoms with Crippen molar-refractivity contribution in [2.24, 2.45) is 0 Å². The second-order valence-corrected chi connectivity index (χ2v) is 5.74. The van der Waals surface area contributed by atoms with Gasteiger partial charge in [0.2, 0.25) is 5.91 Å². The molecule has 25 heavy (non-hydrogen) atoms. The summed E-state index contributed by atoms with van der Waals surface area (Å²) >= 11 is 12.1. The third-order valence-electron chi connectivity index (χ3n) is 3.32. The molecule has 0 aliphatic rings. The van der Waals surface area contributed by atoms with Crippen LogP contribution < -0.4 is 19.5 Å². The maximum Gasteiger partial charge on any atom is 0.248 e. The zero-order valence-corrected chi connectivity index (χ0v) is 15.4. The molecule has 1 N–H and O–H groups in total. The van der Waals surface area contributed by atoms with E-state index in [1.165, 1.54) is 20.3 Å². The van der Waals surface area contributed by atoms with E-state index in [1.54, 1.807) is 43.5 Å². The zero-order chi connectivity index (χ0) is 18.4. The van der Waals surface area contributed by atoms with Gasteiger partial charge in [0.05, 0.1) is 32.0 Å². The van der Waals surface area contributed by atoms with Crippen LogP contribution in [0.5, 0.6) is 17.2 Å². The molecule has 2 rings (SSSR count). The normalized spacial score (nSPS) is 10.6. The van der Waals surface area contributed by atoms with Crippen LogP contribution in [-0.4, -0.2) is 27.2 Å². The van der Waals surface area contributed by atoms with E-state index in [0.29, 0.717) is 38.5 Å². The Labute approximate surface area is 156 Å². The lowest BCUT2D eigenvalue weighted by Gasteiger charge is -2.11. The summed E-state index contributed by atoms with van der Waals surface area (Å²) in [4.78, 5) is 12.2. The van der Waals surface area contributed by atoms with Crippen molar-refractivity contribution in [3.05, 3.63) is 52.0 Å². The summed E-state index contributed by atoms with van der Waals surface area (Å²) in [6, 6.07) is 8.34. The monoisotopic (exact) mass is 381 g/mol. The minimum Gasteiger partial charge on any atom is -0.497 e.